The Bertz CT molecular complexity index is 939. The van der Waals surface area contributed by atoms with Crippen LogP contribution < -0.4 is 5.32 Å². The highest BCUT2D eigenvalue weighted by molar-refractivity contribution is 5.93. The van der Waals surface area contributed by atoms with Gasteiger partial charge in [-0.1, -0.05) is 12.1 Å². The number of rotatable bonds is 5. The highest BCUT2D eigenvalue weighted by atomic mass is 16.4. The first kappa shape index (κ1) is 16.8. The third-order valence-corrected chi connectivity index (χ3v) is 3.91. The maximum Gasteiger partial charge on any atom is 0.371 e. The van der Waals surface area contributed by atoms with Crippen molar-refractivity contribution in [3.8, 4) is 0 Å². The van der Waals surface area contributed by atoms with Crippen molar-refractivity contribution in [3.63, 3.8) is 0 Å². The summed E-state index contributed by atoms with van der Waals surface area (Å²) in [6, 6.07) is 10.2. The molecule has 7 nitrogen and oxygen atoms in total. The molecular weight excluding hydrogens is 322 g/mol. The Morgan fingerprint density at radius 2 is 1.80 bits per heavy atom. The van der Waals surface area contributed by atoms with Crippen molar-refractivity contribution in [3.05, 3.63) is 53.7 Å². The Balaban J connectivity index is 1.89. The number of benzene rings is 1. The van der Waals surface area contributed by atoms with Crippen molar-refractivity contribution < 1.29 is 19.1 Å². The van der Waals surface area contributed by atoms with Crippen LogP contribution in [0.5, 0.6) is 0 Å². The van der Waals surface area contributed by atoms with E-state index in [1.54, 1.807) is 0 Å². The summed E-state index contributed by atoms with van der Waals surface area (Å²) in [7, 11) is 0. The molecule has 0 aliphatic carbocycles. The molecule has 0 aliphatic rings. The minimum absolute atomic E-state index is 0.0449. The van der Waals surface area contributed by atoms with Gasteiger partial charge >= 0.3 is 5.97 Å². The number of carbonyl (C=O) groups is 2. The van der Waals surface area contributed by atoms with Crippen LogP contribution in [0.15, 0.2) is 40.8 Å². The van der Waals surface area contributed by atoms with Crippen molar-refractivity contribution in [2.75, 3.05) is 0 Å². The van der Waals surface area contributed by atoms with Crippen LogP contribution in [0.25, 0.3) is 11.0 Å². The zero-order valence-electron chi connectivity index (χ0n) is 14.2. The van der Waals surface area contributed by atoms with E-state index in [9.17, 15) is 9.59 Å². The van der Waals surface area contributed by atoms with Crippen molar-refractivity contribution >= 4 is 22.9 Å². The molecule has 1 amide bonds. The summed E-state index contributed by atoms with van der Waals surface area (Å²) in [5.41, 5.74) is 1.86. The first-order valence-electron chi connectivity index (χ1n) is 7.99. The Labute approximate surface area is 144 Å². The van der Waals surface area contributed by atoms with E-state index in [1.165, 1.54) is 12.1 Å². The molecule has 2 aromatic heterocycles. The molecular formula is C18H19N3O4. The molecule has 0 bridgehead atoms. The minimum Gasteiger partial charge on any atom is -0.475 e. The third-order valence-electron chi connectivity index (χ3n) is 3.91. The number of nitrogens with zero attached hydrogens (tertiary/aromatic N) is 2. The third kappa shape index (κ3) is 3.13. The van der Waals surface area contributed by atoms with E-state index in [-0.39, 0.29) is 23.6 Å². The van der Waals surface area contributed by atoms with E-state index in [0.717, 1.165) is 16.9 Å². The second-order valence-electron chi connectivity index (χ2n) is 6.09. The highest BCUT2D eigenvalue weighted by Crippen LogP contribution is 2.25. The number of carboxylic acids is 1. The highest BCUT2D eigenvalue weighted by Gasteiger charge is 2.22. The topological polar surface area (TPSA) is 97.4 Å². The van der Waals surface area contributed by atoms with Crippen LogP contribution in [0.1, 0.15) is 59.8 Å². The number of furan rings is 1. The SMILES string of the molecule is CC(NC(=O)c1ccc(C(=O)O)o1)c1nc2ccccc2n1C(C)C. The average molecular weight is 341 g/mol. The van der Waals surface area contributed by atoms with Gasteiger partial charge in [0.1, 0.15) is 5.82 Å². The molecule has 2 heterocycles. The number of imidazole rings is 1. The van der Waals surface area contributed by atoms with Crippen molar-refractivity contribution in [1.29, 1.82) is 0 Å². The van der Waals surface area contributed by atoms with E-state index in [1.807, 2.05) is 31.2 Å². The molecule has 1 aromatic carbocycles. The molecule has 0 aliphatic heterocycles. The lowest BCUT2D eigenvalue weighted by molar-refractivity contribution is 0.0659. The lowest BCUT2D eigenvalue weighted by Crippen LogP contribution is -2.28. The molecule has 7 heteroatoms. The van der Waals surface area contributed by atoms with E-state index in [2.05, 4.69) is 28.7 Å². The molecule has 0 spiro atoms. The van der Waals surface area contributed by atoms with Crippen molar-refractivity contribution in [2.45, 2.75) is 32.9 Å². The number of carboxylic acid groups (broad SMARTS) is 1. The quantitative estimate of drug-likeness (QED) is 0.741. The number of fused-ring (bicyclic) bond motifs is 1. The molecule has 1 atom stereocenters. The predicted octanol–water partition coefficient (Wildman–Crippen LogP) is 3.40. The summed E-state index contributed by atoms with van der Waals surface area (Å²) in [5.74, 6) is -1.28. The van der Waals surface area contributed by atoms with Crippen LogP contribution in [-0.4, -0.2) is 26.5 Å². The fourth-order valence-corrected chi connectivity index (χ4v) is 2.82. The molecule has 1 unspecified atom stereocenters. The number of hydrogen-bond acceptors (Lipinski definition) is 4. The number of aromatic carboxylic acids is 1. The van der Waals surface area contributed by atoms with Crippen LogP contribution in [0.4, 0.5) is 0 Å². The van der Waals surface area contributed by atoms with Gasteiger partial charge in [0.05, 0.1) is 17.1 Å². The lowest BCUT2D eigenvalue weighted by Gasteiger charge is -2.18. The molecule has 25 heavy (non-hydrogen) atoms. The summed E-state index contributed by atoms with van der Waals surface area (Å²) >= 11 is 0. The second-order valence-corrected chi connectivity index (χ2v) is 6.09. The lowest BCUT2D eigenvalue weighted by atomic mass is 10.2. The Hall–Kier alpha value is -3.09. The summed E-state index contributed by atoms with van der Waals surface area (Å²) in [5, 5.41) is 11.7. The number of hydrogen-bond donors (Lipinski definition) is 2. The maximum atomic E-state index is 12.3. The van der Waals surface area contributed by atoms with Crippen LogP contribution in [-0.2, 0) is 0 Å². The number of para-hydroxylation sites is 2. The Kier molecular flexibility index (Phi) is 4.31. The molecule has 0 fully saturated rings. The van der Waals surface area contributed by atoms with Gasteiger partial charge in [-0.15, -0.1) is 0 Å². The smallest absolute Gasteiger partial charge is 0.371 e. The maximum absolute atomic E-state index is 12.3. The van der Waals surface area contributed by atoms with Crippen molar-refractivity contribution in [2.24, 2.45) is 0 Å². The molecule has 3 aromatic rings. The standard InChI is InChI=1S/C18H19N3O4/c1-10(2)21-13-7-5-4-6-12(13)20-16(21)11(3)19-17(22)14-8-9-15(25-14)18(23)24/h4-11H,1-3H3,(H,19,22)(H,23,24). The average Bonchev–Trinajstić information content (AvgIpc) is 3.19. The molecule has 0 saturated heterocycles. The van der Waals surface area contributed by atoms with Gasteiger partial charge < -0.3 is 19.4 Å². The van der Waals surface area contributed by atoms with Gasteiger partial charge in [-0.2, -0.15) is 0 Å². The summed E-state index contributed by atoms with van der Waals surface area (Å²) in [4.78, 5) is 27.8. The van der Waals surface area contributed by atoms with Gasteiger partial charge in [-0.05, 0) is 45.0 Å². The van der Waals surface area contributed by atoms with E-state index in [0.29, 0.717) is 0 Å². The zero-order chi connectivity index (χ0) is 18.1. The molecule has 3 rings (SSSR count). The normalized spacial score (nSPS) is 12.5. The summed E-state index contributed by atoms with van der Waals surface area (Å²) in [6.45, 7) is 5.94. The van der Waals surface area contributed by atoms with E-state index >= 15 is 0 Å². The fraction of sp³-hybridized carbons (Fsp3) is 0.278. The number of carbonyl (C=O) groups excluding carboxylic acids is 1. The van der Waals surface area contributed by atoms with Gasteiger partial charge in [0.2, 0.25) is 5.76 Å². The van der Waals surface area contributed by atoms with Crippen LogP contribution in [0, 0.1) is 0 Å². The van der Waals surface area contributed by atoms with Gasteiger partial charge in [-0.25, -0.2) is 9.78 Å². The minimum atomic E-state index is -1.21. The summed E-state index contributed by atoms with van der Waals surface area (Å²) < 4.78 is 7.12. The Morgan fingerprint density at radius 1 is 1.12 bits per heavy atom. The van der Waals surface area contributed by atoms with Gasteiger partial charge in [0.25, 0.3) is 5.91 Å². The monoisotopic (exact) mass is 341 g/mol. The molecule has 2 N–H and O–H groups in total. The van der Waals surface area contributed by atoms with Gasteiger partial charge in [0.15, 0.2) is 5.76 Å². The van der Waals surface area contributed by atoms with Crippen LogP contribution in [0.3, 0.4) is 0 Å². The van der Waals surface area contributed by atoms with E-state index < -0.39 is 11.9 Å². The fourth-order valence-electron chi connectivity index (χ4n) is 2.82. The predicted molar refractivity (Wildman–Crippen MR) is 91.7 cm³/mol. The van der Waals surface area contributed by atoms with E-state index in [4.69, 9.17) is 9.52 Å². The zero-order valence-corrected chi connectivity index (χ0v) is 14.2. The Morgan fingerprint density at radius 3 is 2.44 bits per heavy atom. The number of aromatic nitrogens is 2. The first-order valence-corrected chi connectivity index (χ1v) is 7.99. The molecule has 0 radical (unpaired) electrons. The number of amides is 1. The molecule has 0 saturated carbocycles. The van der Waals surface area contributed by atoms with Crippen LogP contribution >= 0.6 is 0 Å². The molecule has 130 valence electrons. The summed E-state index contributed by atoms with van der Waals surface area (Å²) in [6.07, 6.45) is 0. The van der Waals surface area contributed by atoms with Gasteiger partial charge in [-0.3, -0.25) is 4.79 Å². The van der Waals surface area contributed by atoms with Crippen LogP contribution in [0.2, 0.25) is 0 Å². The second kappa shape index (κ2) is 6.43. The van der Waals surface area contributed by atoms with Gasteiger partial charge in [0, 0.05) is 6.04 Å². The first-order chi connectivity index (χ1) is 11.9. The largest absolute Gasteiger partial charge is 0.475 e. The van der Waals surface area contributed by atoms with Crippen molar-refractivity contribution in [1.82, 2.24) is 14.9 Å². The number of nitrogens with one attached hydrogen (secondary N) is 1.